The van der Waals surface area contributed by atoms with Crippen molar-refractivity contribution < 1.29 is 36.9 Å². The van der Waals surface area contributed by atoms with Crippen LogP contribution in [-0.4, -0.2) is 22.0 Å². The molecule has 0 bridgehead atoms. The number of aryl methyl sites for hydroxylation is 4. The van der Waals surface area contributed by atoms with Crippen LogP contribution in [0.15, 0.2) is 109 Å². The van der Waals surface area contributed by atoms with E-state index in [1.54, 1.807) is 24.3 Å². The number of hydrogen-bond donors (Lipinski definition) is 4. The topological polar surface area (TPSA) is 98.7 Å². The van der Waals surface area contributed by atoms with Gasteiger partial charge in [-0.2, -0.15) is 0 Å². The summed E-state index contributed by atoms with van der Waals surface area (Å²) in [4.78, 5) is 24.9. The Hall–Kier alpha value is -5.10. The van der Waals surface area contributed by atoms with Crippen LogP contribution in [0.25, 0.3) is 21.5 Å². The van der Waals surface area contributed by atoms with Crippen molar-refractivity contribution in [2.24, 2.45) is 0 Å². The van der Waals surface area contributed by atoms with Crippen LogP contribution in [-0.2, 0) is 17.1 Å². The Kier molecular flexibility index (Phi) is 10.3. The van der Waals surface area contributed by atoms with Crippen molar-refractivity contribution in [2.45, 2.75) is 27.7 Å². The van der Waals surface area contributed by atoms with Crippen LogP contribution in [0.1, 0.15) is 43.0 Å². The molecule has 0 atom stereocenters. The minimum Gasteiger partial charge on any atom is -0.507 e. The number of fused-ring (bicyclic) bond motifs is 2. The van der Waals surface area contributed by atoms with E-state index in [4.69, 9.17) is 0 Å². The molecular weight excluding hydrogens is 603 g/mol. The molecule has 0 aliphatic heterocycles. The fourth-order valence-corrected chi connectivity index (χ4v) is 5.11. The van der Waals surface area contributed by atoms with Crippen LogP contribution in [0.2, 0.25) is 0 Å². The Morgan fingerprint density at radius 1 is 0.489 bits per heavy atom. The van der Waals surface area contributed by atoms with Gasteiger partial charge in [0.1, 0.15) is 11.5 Å². The average molecular weight is 638 g/mol. The molecule has 0 spiro atoms. The van der Waals surface area contributed by atoms with Crippen LogP contribution in [0.3, 0.4) is 0 Å². The first-order valence-electron chi connectivity index (χ1n) is 14.3. The van der Waals surface area contributed by atoms with Gasteiger partial charge in [-0.05, 0) is 96.8 Å². The largest absolute Gasteiger partial charge is 0.507 e. The summed E-state index contributed by atoms with van der Waals surface area (Å²) >= 11 is 0. The molecule has 2 amide bonds. The second-order valence-corrected chi connectivity index (χ2v) is 11.0. The quantitative estimate of drug-likeness (QED) is 0.145. The smallest absolute Gasteiger partial charge is 0.259 e. The van der Waals surface area contributed by atoms with Gasteiger partial charge < -0.3 is 20.8 Å². The molecule has 7 heteroatoms. The molecule has 6 rings (SSSR count). The average Bonchev–Trinajstić information content (AvgIpc) is 2.99. The summed E-state index contributed by atoms with van der Waals surface area (Å²) in [6.45, 7) is 7.91. The van der Waals surface area contributed by atoms with Crippen molar-refractivity contribution in [2.75, 3.05) is 10.6 Å². The van der Waals surface area contributed by atoms with E-state index in [-0.39, 0.29) is 51.5 Å². The van der Waals surface area contributed by atoms with Crippen molar-refractivity contribution in [1.82, 2.24) is 0 Å². The molecule has 0 aromatic heterocycles. The summed E-state index contributed by atoms with van der Waals surface area (Å²) in [5.41, 5.74) is 6.33. The molecule has 1 radical (unpaired) electrons. The number of aromatic hydroxyl groups is 2. The number of benzene rings is 6. The summed E-state index contributed by atoms with van der Waals surface area (Å²) in [6, 6.07) is 33.6. The summed E-state index contributed by atoms with van der Waals surface area (Å²) in [7, 11) is 0. The van der Waals surface area contributed by atoms with Gasteiger partial charge >= 0.3 is 0 Å². The van der Waals surface area contributed by atoms with E-state index in [9.17, 15) is 19.8 Å². The second kappa shape index (κ2) is 14.1. The first-order valence-corrected chi connectivity index (χ1v) is 14.3. The van der Waals surface area contributed by atoms with Gasteiger partial charge in [0.2, 0.25) is 0 Å². The number of anilines is 2. The standard InChI is InChI=1S/2C19H17NO2.Mn/c2*1-12-7-8-17(13(2)9-12)20-19(22)16-10-14-5-3-4-6-15(14)11-18(16)21;/h2*3-11,21H,1-2H3,(H,20,22);. The van der Waals surface area contributed by atoms with Gasteiger partial charge in [-0.15, -0.1) is 0 Å². The number of amides is 2. The molecule has 6 nitrogen and oxygen atoms in total. The maximum atomic E-state index is 12.4. The Labute approximate surface area is 273 Å². The van der Waals surface area contributed by atoms with Crippen LogP contribution in [0.5, 0.6) is 11.5 Å². The van der Waals surface area contributed by atoms with Gasteiger partial charge in [0.25, 0.3) is 11.8 Å². The van der Waals surface area contributed by atoms with Crippen LogP contribution in [0.4, 0.5) is 11.4 Å². The van der Waals surface area contributed by atoms with E-state index < -0.39 is 0 Å². The van der Waals surface area contributed by atoms with E-state index in [2.05, 4.69) is 10.6 Å². The van der Waals surface area contributed by atoms with Crippen molar-refractivity contribution in [3.8, 4) is 11.5 Å². The number of phenols is 2. The third-order valence-corrected chi connectivity index (χ3v) is 7.48. The zero-order chi connectivity index (χ0) is 31.4. The van der Waals surface area contributed by atoms with E-state index in [1.165, 1.54) is 0 Å². The molecule has 0 heterocycles. The van der Waals surface area contributed by atoms with Crippen molar-refractivity contribution >= 4 is 44.7 Å². The first-order chi connectivity index (χ1) is 21.1. The SMILES string of the molecule is Cc1ccc(NC(=O)c2cc3ccccc3cc2O)c(C)c1.Cc1ccc(NC(=O)c2cc3ccccc3cc2O)c(C)c1.[Mn]. The molecule has 0 aliphatic carbocycles. The third-order valence-electron chi connectivity index (χ3n) is 7.48. The Balaban J connectivity index is 0.000000200. The molecule has 6 aromatic carbocycles. The van der Waals surface area contributed by atoms with E-state index in [1.807, 2.05) is 113 Å². The molecule has 45 heavy (non-hydrogen) atoms. The predicted octanol–water partition coefficient (Wildman–Crippen LogP) is 8.83. The van der Waals surface area contributed by atoms with E-state index >= 15 is 0 Å². The Morgan fingerprint density at radius 2 is 0.822 bits per heavy atom. The molecular formula is C38H34MnN2O4. The minimum atomic E-state index is -0.310. The van der Waals surface area contributed by atoms with Gasteiger partial charge in [0.15, 0.2) is 0 Å². The molecule has 0 fully saturated rings. The van der Waals surface area contributed by atoms with Crippen LogP contribution < -0.4 is 10.6 Å². The molecule has 0 aliphatic rings. The minimum absolute atomic E-state index is 0. The zero-order valence-corrected chi connectivity index (χ0v) is 26.7. The van der Waals surface area contributed by atoms with E-state index in [0.29, 0.717) is 0 Å². The Bertz CT molecular complexity index is 1890. The molecule has 0 saturated carbocycles. The maximum Gasteiger partial charge on any atom is 0.259 e. The number of carbonyl (C=O) groups excluding carboxylic acids is 2. The van der Waals surface area contributed by atoms with Crippen molar-refractivity contribution in [3.63, 3.8) is 0 Å². The van der Waals surface area contributed by atoms with Crippen molar-refractivity contribution in [1.29, 1.82) is 0 Å². The number of phenolic OH excluding ortho intramolecular Hbond substituents is 2. The summed E-state index contributed by atoms with van der Waals surface area (Å²) in [5, 5.41) is 29.6. The molecule has 0 saturated heterocycles. The van der Waals surface area contributed by atoms with Gasteiger partial charge in [-0.1, -0.05) is 83.9 Å². The molecule has 227 valence electrons. The number of hydrogen-bond acceptors (Lipinski definition) is 4. The summed E-state index contributed by atoms with van der Waals surface area (Å²) in [5.74, 6) is -0.646. The third kappa shape index (κ3) is 7.71. The first kappa shape index (κ1) is 32.8. The molecule has 4 N–H and O–H groups in total. The Morgan fingerprint density at radius 3 is 1.16 bits per heavy atom. The number of carbonyl (C=O) groups is 2. The summed E-state index contributed by atoms with van der Waals surface area (Å²) < 4.78 is 0. The number of rotatable bonds is 4. The van der Waals surface area contributed by atoms with Gasteiger partial charge in [0.05, 0.1) is 11.1 Å². The van der Waals surface area contributed by atoms with Crippen molar-refractivity contribution in [3.05, 3.63) is 143 Å². The predicted molar refractivity (Wildman–Crippen MR) is 179 cm³/mol. The second-order valence-electron chi connectivity index (χ2n) is 11.0. The molecule has 6 aromatic rings. The molecule has 0 unspecified atom stereocenters. The maximum absolute atomic E-state index is 12.4. The van der Waals surface area contributed by atoms with E-state index in [0.717, 1.165) is 55.2 Å². The van der Waals surface area contributed by atoms with Crippen LogP contribution >= 0.6 is 0 Å². The summed E-state index contributed by atoms with van der Waals surface area (Å²) in [6.07, 6.45) is 0. The zero-order valence-electron chi connectivity index (χ0n) is 25.5. The van der Waals surface area contributed by atoms with Crippen LogP contribution in [0, 0.1) is 27.7 Å². The number of nitrogens with one attached hydrogen (secondary N) is 2. The monoisotopic (exact) mass is 637 g/mol. The van der Waals surface area contributed by atoms with Gasteiger partial charge in [-0.3, -0.25) is 9.59 Å². The van der Waals surface area contributed by atoms with Gasteiger partial charge in [0, 0.05) is 28.4 Å². The normalized spacial score (nSPS) is 10.4. The fourth-order valence-electron chi connectivity index (χ4n) is 5.11. The van der Waals surface area contributed by atoms with Gasteiger partial charge in [-0.25, -0.2) is 0 Å². The fraction of sp³-hybridized carbons (Fsp3) is 0.105.